The van der Waals surface area contributed by atoms with Crippen LogP contribution in [0.5, 0.6) is 0 Å². The summed E-state index contributed by atoms with van der Waals surface area (Å²) in [6.07, 6.45) is 2.47. The van der Waals surface area contributed by atoms with E-state index in [0.29, 0.717) is 6.04 Å². The molecule has 90 valence electrons. The SMILES string of the molecule is CCC(C)CC(NC)c1cccc(C)c1C. The van der Waals surface area contributed by atoms with E-state index in [4.69, 9.17) is 0 Å². The molecule has 1 aromatic rings. The molecule has 0 fully saturated rings. The average Bonchev–Trinajstić information content (AvgIpc) is 2.29. The molecule has 0 aromatic heterocycles. The first-order valence-electron chi connectivity index (χ1n) is 6.33. The zero-order valence-electron chi connectivity index (χ0n) is 11.3. The minimum absolute atomic E-state index is 0.495. The Morgan fingerprint density at radius 2 is 1.94 bits per heavy atom. The van der Waals surface area contributed by atoms with E-state index < -0.39 is 0 Å². The van der Waals surface area contributed by atoms with Crippen LogP contribution in [-0.2, 0) is 0 Å². The summed E-state index contributed by atoms with van der Waals surface area (Å²) in [4.78, 5) is 0. The summed E-state index contributed by atoms with van der Waals surface area (Å²) in [5.74, 6) is 0.775. The van der Waals surface area contributed by atoms with E-state index in [2.05, 4.69) is 58.3 Å². The molecule has 1 heteroatoms. The first kappa shape index (κ1) is 13.2. The highest BCUT2D eigenvalue weighted by molar-refractivity contribution is 5.35. The molecule has 0 spiro atoms. The van der Waals surface area contributed by atoms with E-state index >= 15 is 0 Å². The topological polar surface area (TPSA) is 12.0 Å². The molecule has 1 rings (SSSR count). The van der Waals surface area contributed by atoms with Gasteiger partial charge in [0.2, 0.25) is 0 Å². The van der Waals surface area contributed by atoms with Crippen LogP contribution in [0.1, 0.15) is 49.4 Å². The van der Waals surface area contributed by atoms with E-state index in [1.807, 2.05) is 0 Å². The highest BCUT2D eigenvalue weighted by Gasteiger charge is 2.14. The molecule has 1 nitrogen and oxygen atoms in total. The highest BCUT2D eigenvalue weighted by Crippen LogP contribution is 2.26. The normalized spacial score (nSPS) is 14.8. The van der Waals surface area contributed by atoms with Crippen LogP contribution in [0.4, 0.5) is 0 Å². The zero-order valence-corrected chi connectivity index (χ0v) is 11.3. The Bertz CT molecular complexity index is 330. The molecule has 0 amide bonds. The smallest absolute Gasteiger partial charge is 0.0322 e. The molecule has 0 aliphatic carbocycles. The van der Waals surface area contributed by atoms with Crippen molar-refractivity contribution in [3.63, 3.8) is 0 Å². The number of aryl methyl sites for hydroxylation is 1. The molecule has 1 aromatic carbocycles. The Balaban J connectivity index is 2.90. The number of hydrogen-bond donors (Lipinski definition) is 1. The maximum Gasteiger partial charge on any atom is 0.0322 e. The first-order chi connectivity index (χ1) is 7.60. The van der Waals surface area contributed by atoms with Gasteiger partial charge in [-0.2, -0.15) is 0 Å². The van der Waals surface area contributed by atoms with Crippen molar-refractivity contribution in [1.82, 2.24) is 5.32 Å². The van der Waals surface area contributed by atoms with Crippen LogP contribution < -0.4 is 5.32 Å². The summed E-state index contributed by atoms with van der Waals surface area (Å²) in [6, 6.07) is 7.11. The van der Waals surface area contributed by atoms with Crippen molar-refractivity contribution in [2.45, 2.75) is 46.6 Å². The highest BCUT2D eigenvalue weighted by atomic mass is 14.9. The van der Waals surface area contributed by atoms with Crippen LogP contribution in [0.2, 0.25) is 0 Å². The summed E-state index contributed by atoms with van der Waals surface area (Å²) in [7, 11) is 2.06. The van der Waals surface area contributed by atoms with Gasteiger partial charge in [-0.3, -0.25) is 0 Å². The van der Waals surface area contributed by atoms with Crippen molar-refractivity contribution in [1.29, 1.82) is 0 Å². The predicted molar refractivity (Wildman–Crippen MR) is 71.8 cm³/mol. The number of hydrogen-bond acceptors (Lipinski definition) is 1. The molecule has 0 saturated heterocycles. The molecule has 0 aliphatic rings. The van der Waals surface area contributed by atoms with Crippen molar-refractivity contribution in [2.75, 3.05) is 7.05 Å². The fourth-order valence-corrected chi connectivity index (χ4v) is 2.12. The lowest BCUT2D eigenvalue weighted by Crippen LogP contribution is -2.20. The van der Waals surface area contributed by atoms with Gasteiger partial charge in [-0.05, 0) is 49.9 Å². The van der Waals surface area contributed by atoms with E-state index in [9.17, 15) is 0 Å². The minimum atomic E-state index is 0.495. The molecule has 0 heterocycles. The maximum absolute atomic E-state index is 3.45. The van der Waals surface area contributed by atoms with Gasteiger partial charge in [0, 0.05) is 6.04 Å². The molecule has 2 atom stereocenters. The zero-order chi connectivity index (χ0) is 12.1. The third-order valence-electron chi connectivity index (χ3n) is 3.71. The van der Waals surface area contributed by atoms with Crippen LogP contribution in [0.25, 0.3) is 0 Å². The van der Waals surface area contributed by atoms with Gasteiger partial charge in [0.1, 0.15) is 0 Å². The lowest BCUT2D eigenvalue weighted by molar-refractivity contribution is 0.421. The van der Waals surface area contributed by atoms with E-state index in [1.165, 1.54) is 29.5 Å². The van der Waals surface area contributed by atoms with Crippen LogP contribution in [0.15, 0.2) is 18.2 Å². The van der Waals surface area contributed by atoms with Gasteiger partial charge >= 0.3 is 0 Å². The molecule has 0 bridgehead atoms. The molecule has 0 radical (unpaired) electrons. The van der Waals surface area contributed by atoms with E-state index in [0.717, 1.165) is 5.92 Å². The van der Waals surface area contributed by atoms with Crippen molar-refractivity contribution >= 4 is 0 Å². The number of benzene rings is 1. The fraction of sp³-hybridized carbons (Fsp3) is 0.600. The van der Waals surface area contributed by atoms with Gasteiger partial charge < -0.3 is 5.32 Å². The second-order valence-electron chi connectivity index (χ2n) is 4.88. The van der Waals surface area contributed by atoms with E-state index in [1.54, 1.807) is 0 Å². The lowest BCUT2D eigenvalue weighted by Gasteiger charge is -2.22. The van der Waals surface area contributed by atoms with Crippen LogP contribution >= 0.6 is 0 Å². The van der Waals surface area contributed by atoms with Gasteiger partial charge in [-0.25, -0.2) is 0 Å². The lowest BCUT2D eigenvalue weighted by atomic mass is 9.90. The van der Waals surface area contributed by atoms with Gasteiger partial charge in [-0.15, -0.1) is 0 Å². The molecule has 2 unspecified atom stereocenters. The molecule has 0 saturated carbocycles. The Kier molecular flexibility index (Phi) is 5.01. The summed E-state index contributed by atoms with van der Waals surface area (Å²) in [5.41, 5.74) is 4.29. The molecule has 1 N–H and O–H groups in total. The fourth-order valence-electron chi connectivity index (χ4n) is 2.12. The predicted octanol–water partition coefficient (Wildman–Crippen LogP) is 4.00. The van der Waals surface area contributed by atoms with Crippen LogP contribution in [-0.4, -0.2) is 7.05 Å². The van der Waals surface area contributed by atoms with Gasteiger partial charge in [0.05, 0.1) is 0 Å². The monoisotopic (exact) mass is 219 g/mol. The number of nitrogens with one attached hydrogen (secondary N) is 1. The van der Waals surface area contributed by atoms with Crippen molar-refractivity contribution < 1.29 is 0 Å². The molecule has 16 heavy (non-hydrogen) atoms. The van der Waals surface area contributed by atoms with Crippen molar-refractivity contribution in [3.05, 3.63) is 34.9 Å². The summed E-state index contributed by atoms with van der Waals surface area (Å²) in [6.45, 7) is 9.01. The van der Waals surface area contributed by atoms with Gasteiger partial charge in [0.15, 0.2) is 0 Å². The summed E-state index contributed by atoms with van der Waals surface area (Å²) >= 11 is 0. The summed E-state index contributed by atoms with van der Waals surface area (Å²) in [5, 5.41) is 3.45. The van der Waals surface area contributed by atoms with Crippen LogP contribution in [0.3, 0.4) is 0 Å². The second-order valence-corrected chi connectivity index (χ2v) is 4.88. The largest absolute Gasteiger partial charge is 0.313 e. The average molecular weight is 219 g/mol. The summed E-state index contributed by atoms with van der Waals surface area (Å²) < 4.78 is 0. The van der Waals surface area contributed by atoms with E-state index in [-0.39, 0.29) is 0 Å². The Labute approximate surface area is 100 Å². The molecular weight excluding hydrogens is 194 g/mol. The first-order valence-corrected chi connectivity index (χ1v) is 6.33. The van der Waals surface area contributed by atoms with Crippen molar-refractivity contribution in [2.24, 2.45) is 5.92 Å². The van der Waals surface area contributed by atoms with Crippen LogP contribution in [0, 0.1) is 19.8 Å². The standard InChI is InChI=1S/C15H25N/c1-6-11(2)10-15(16-5)14-9-7-8-12(3)13(14)4/h7-9,11,15-16H,6,10H2,1-5H3. The molecule has 0 aliphatic heterocycles. The van der Waals surface area contributed by atoms with Gasteiger partial charge in [-0.1, -0.05) is 38.5 Å². The second kappa shape index (κ2) is 6.05. The quantitative estimate of drug-likeness (QED) is 0.789. The third-order valence-corrected chi connectivity index (χ3v) is 3.71. The van der Waals surface area contributed by atoms with Crippen molar-refractivity contribution in [3.8, 4) is 0 Å². The minimum Gasteiger partial charge on any atom is -0.313 e. The Hall–Kier alpha value is -0.820. The third kappa shape index (κ3) is 3.08. The Morgan fingerprint density at radius 3 is 2.50 bits per heavy atom. The number of rotatable bonds is 5. The Morgan fingerprint density at radius 1 is 1.25 bits per heavy atom. The molecular formula is C15H25N. The maximum atomic E-state index is 3.45. The van der Waals surface area contributed by atoms with Gasteiger partial charge in [0.25, 0.3) is 0 Å².